The Bertz CT molecular complexity index is 655. The fourth-order valence-electron chi connectivity index (χ4n) is 1.16. The van der Waals surface area contributed by atoms with Crippen molar-refractivity contribution in [3.05, 3.63) is 43.8 Å². The maximum absolute atomic E-state index is 10.8. The standard InChI is InChI=1S/C7H6O3S.C6H4O3S/c1-10-7(9)6-3-2-5(4-8)11-6;7-3-4-1-2-5(10-4)6(8)9/h2-4H,1H3;1-3H,(H,8,9). The van der Waals surface area contributed by atoms with Crippen molar-refractivity contribution >= 4 is 47.2 Å². The molecule has 0 aromatic carbocycles. The van der Waals surface area contributed by atoms with E-state index in [-0.39, 0.29) is 4.88 Å². The average molecular weight is 326 g/mol. The smallest absolute Gasteiger partial charge is 0.348 e. The molecule has 0 unspecified atom stereocenters. The first-order valence-corrected chi connectivity index (χ1v) is 7.06. The van der Waals surface area contributed by atoms with Gasteiger partial charge in [-0.1, -0.05) is 0 Å². The summed E-state index contributed by atoms with van der Waals surface area (Å²) in [5.41, 5.74) is 0. The molecule has 110 valence electrons. The van der Waals surface area contributed by atoms with Crippen LogP contribution in [0.5, 0.6) is 0 Å². The number of aldehydes is 2. The molecule has 0 saturated heterocycles. The largest absolute Gasteiger partial charge is 0.477 e. The third-order valence-electron chi connectivity index (χ3n) is 2.08. The zero-order valence-corrected chi connectivity index (χ0v) is 12.4. The number of esters is 1. The number of carboxylic acid groups (broad SMARTS) is 1. The summed E-state index contributed by atoms with van der Waals surface area (Å²) in [6.45, 7) is 0. The molecule has 0 fully saturated rings. The Balaban J connectivity index is 0.000000211. The molecule has 0 aliphatic carbocycles. The fourth-order valence-corrected chi connectivity index (χ4v) is 2.56. The van der Waals surface area contributed by atoms with Crippen LogP contribution < -0.4 is 0 Å². The van der Waals surface area contributed by atoms with E-state index in [4.69, 9.17) is 5.11 Å². The molecule has 2 heterocycles. The zero-order chi connectivity index (χ0) is 15.8. The van der Waals surface area contributed by atoms with Gasteiger partial charge in [-0.2, -0.15) is 0 Å². The molecule has 0 saturated carbocycles. The molecule has 2 aromatic rings. The molecular weight excluding hydrogens is 316 g/mol. The van der Waals surface area contributed by atoms with Crippen LogP contribution in [-0.2, 0) is 4.74 Å². The minimum Gasteiger partial charge on any atom is -0.477 e. The normalized spacial score (nSPS) is 9.19. The highest BCUT2D eigenvalue weighted by Crippen LogP contribution is 2.15. The number of hydrogen-bond acceptors (Lipinski definition) is 7. The van der Waals surface area contributed by atoms with E-state index in [1.54, 1.807) is 12.1 Å². The van der Waals surface area contributed by atoms with Gasteiger partial charge in [0.15, 0.2) is 12.6 Å². The van der Waals surface area contributed by atoms with Gasteiger partial charge >= 0.3 is 11.9 Å². The SMILES string of the molecule is COC(=O)c1ccc(C=O)s1.O=Cc1ccc(C(=O)O)s1. The molecule has 0 bridgehead atoms. The van der Waals surface area contributed by atoms with E-state index in [9.17, 15) is 19.2 Å². The van der Waals surface area contributed by atoms with Gasteiger partial charge in [-0.15, -0.1) is 22.7 Å². The topological polar surface area (TPSA) is 97.7 Å². The Morgan fingerprint density at radius 1 is 1.00 bits per heavy atom. The molecule has 0 radical (unpaired) electrons. The van der Waals surface area contributed by atoms with Gasteiger partial charge < -0.3 is 9.84 Å². The van der Waals surface area contributed by atoms with Gasteiger partial charge in [0.05, 0.1) is 16.9 Å². The van der Waals surface area contributed by atoms with Crippen LogP contribution >= 0.6 is 22.7 Å². The highest BCUT2D eigenvalue weighted by molar-refractivity contribution is 7.15. The quantitative estimate of drug-likeness (QED) is 0.685. The summed E-state index contributed by atoms with van der Waals surface area (Å²) in [4.78, 5) is 42.9. The predicted octanol–water partition coefficient (Wildman–Crippen LogP) is 2.61. The summed E-state index contributed by atoms with van der Waals surface area (Å²) in [5, 5.41) is 8.39. The summed E-state index contributed by atoms with van der Waals surface area (Å²) < 4.78 is 4.45. The van der Waals surface area contributed by atoms with Gasteiger partial charge in [0.25, 0.3) is 0 Å². The molecule has 21 heavy (non-hydrogen) atoms. The Morgan fingerprint density at radius 3 is 1.81 bits per heavy atom. The van der Waals surface area contributed by atoms with E-state index in [1.165, 1.54) is 19.2 Å². The number of methoxy groups -OCH3 is 1. The number of ether oxygens (including phenoxy) is 1. The monoisotopic (exact) mass is 326 g/mol. The molecule has 0 aliphatic heterocycles. The molecule has 2 aromatic heterocycles. The third kappa shape index (κ3) is 4.93. The van der Waals surface area contributed by atoms with Crippen molar-refractivity contribution in [3.8, 4) is 0 Å². The Labute approximate surface area is 127 Å². The van der Waals surface area contributed by atoms with Crippen LogP contribution in [0, 0.1) is 0 Å². The van der Waals surface area contributed by atoms with Gasteiger partial charge in [0, 0.05) is 0 Å². The molecule has 8 heteroatoms. The van der Waals surface area contributed by atoms with Gasteiger partial charge in [0.2, 0.25) is 0 Å². The third-order valence-corrected chi connectivity index (χ3v) is 4.07. The molecule has 0 aliphatic rings. The van der Waals surface area contributed by atoms with Crippen molar-refractivity contribution in [2.45, 2.75) is 0 Å². The van der Waals surface area contributed by atoms with Gasteiger partial charge in [-0.3, -0.25) is 9.59 Å². The maximum Gasteiger partial charge on any atom is 0.348 e. The van der Waals surface area contributed by atoms with Crippen molar-refractivity contribution in [2.24, 2.45) is 0 Å². The summed E-state index contributed by atoms with van der Waals surface area (Å²) >= 11 is 2.10. The molecule has 0 amide bonds. The first kappa shape index (κ1) is 16.7. The molecule has 0 atom stereocenters. The zero-order valence-electron chi connectivity index (χ0n) is 10.8. The average Bonchev–Trinajstić information content (AvgIpc) is 3.15. The van der Waals surface area contributed by atoms with Crippen LogP contribution in [0.1, 0.15) is 38.7 Å². The second-order valence-electron chi connectivity index (χ2n) is 3.44. The van der Waals surface area contributed by atoms with Crippen molar-refractivity contribution in [1.82, 2.24) is 0 Å². The van der Waals surface area contributed by atoms with Crippen molar-refractivity contribution in [3.63, 3.8) is 0 Å². The molecule has 0 spiro atoms. The Hall–Kier alpha value is -2.32. The summed E-state index contributed by atoms with van der Waals surface area (Å²) in [7, 11) is 1.31. The van der Waals surface area contributed by atoms with E-state index in [1.807, 2.05) is 0 Å². The van der Waals surface area contributed by atoms with Crippen molar-refractivity contribution in [1.29, 1.82) is 0 Å². The second-order valence-corrected chi connectivity index (χ2v) is 5.67. The van der Waals surface area contributed by atoms with E-state index < -0.39 is 11.9 Å². The lowest BCUT2D eigenvalue weighted by atomic mass is 10.4. The van der Waals surface area contributed by atoms with E-state index >= 15 is 0 Å². The van der Waals surface area contributed by atoms with E-state index in [0.29, 0.717) is 27.2 Å². The summed E-state index contributed by atoms with van der Waals surface area (Å²) in [6.07, 6.45) is 1.34. The first-order valence-electron chi connectivity index (χ1n) is 5.43. The molecule has 6 nitrogen and oxygen atoms in total. The van der Waals surface area contributed by atoms with Crippen LogP contribution in [-0.4, -0.2) is 36.7 Å². The Morgan fingerprint density at radius 2 is 1.48 bits per heavy atom. The number of hydrogen-bond donors (Lipinski definition) is 1. The first-order chi connectivity index (χ1) is 10.0. The summed E-state index contributed by atoms with van der Waals surface area (Å²) in [5.74, 6) is -1.39. The van der Waals surface area contributed by atoms with Crippen molar-refractivity contribution < 1.29 is 29.0 Å². The lowest BCUT2D eigenvalue weighted by molar-refractivity contribution is 0.0605. The number of thiophene rings is 2. The number of carbonyl (C=O) groups excluding carboxylic acids is 3. The van der Waals surface area contributed by atoms with Crippen LogP contribution in [0.3, 0.4) is 0 Å². The number of carbonyl (C=O) groups is 4. The van der Waals surface area contributed by atoms with Crippen LogP contribution in [0.15, 0.2) is 24.3 Å². The van der Waals surface area contributed by atoms with Crippen LogP contribution in [0.2, 0.25) is 0 Å². The van der Waals surface area contributed by atoms with Crippen LogP contribution in [0.4, 0.5) is 0 Å². The fraction of sp³-hybridized carbons (Fsp3) is 0.0769. The second kappa shape index (κ2) is 8.08. The molecular formula is C13H10O6S2. The van der Waals surface area contributed by atoms with Crippen molar-refractivity contribution in [2.75, 3.05) is 7.11 Å². The van der Waals surface area contributed by atoms with E-state index in [2.05, 4.69) is 4.74 Å². The highest BCUT2D eigenvalue weighted by atomic mass is 32.1. The maximum atomic E-state index is 10.8. The van der Waals surface area contributed by atoms with E-state index in [0.717, 1.165) is 22.7 Å². The van der Waals surface area contributed by atoms with Gasteiger partial charge in [0.1, 0.15) is 9.75 Å². The minimum absolute atomic E-state index is 0.196. The van der Waals surface area contributed by atoms with Crippen LogP contribution in [0.25, 0.3) is 0 Å². The van der Waals surface area contributed by atoms with Gasteiger partial charge in [-0.25, -0.2) is 9.59 Å². The number of aromatic carboxylic acids is 1. The molecule has 2 rings (SSSR count). The minimum atomic E-state index is -0.988. The number of rotatable bonds is 4. The highest BCUT2D eigenvalue weighted by Gasteiger charge is 2.07. The Kier molecular flexibility index (Phi) is 6.44. The molecule has 1 N–H and O–H groups in total. The summed E-state index contributed by atoms with van der Waals surface area (Å²) in [6, 6.07) is 6.06. The lowest BCUT2D eigenvalue weighted by Gasteiger charge is -1.90. The predicted molar refractivity (Wildman–Crippen MR) is 77.7 cm³/mol. The van der Waals surface area contributed by atoms with Gasteiger partial charge in [-0.05, 0) is 24.3 Å². The lowest BCUT2D eigenvalue weighted by Crippen LogP contribution is -1.96. The number of carboxylic acids is 1.